The molecule has 0 spiro atoms. The first kappa shape index (κ1) is 14.2. The SMILES string of the molecule is CC1CCN(C(=O)c2cc(Br)cnc2NN)CC1O. The number of nitrogen functional groups attached to an aromatic ring is 1. The fourth-order valence-electron chi connectivity index (χ4n) is 2.12. The standard InChI is InChI=1S/C12H17BrN4O2/c1-7-2-3-17(6-10(7)18)12(19)9-4-8(13)5-15-11(9)16-14/h4-5,7,10,18H,2-3,6,14H2,1H3,(H,15,16). The smallest absolute Gasteiger partial charge is 0.257 e. The maximum Gasteiger partial charge on any atom is 0.257 e. The Labute approximate surface area is 120 Å². The minimum atomic E-state index is -0.480. The fraction of sp³-hybridized carbons (Fsp3) is 0.500. The van der Waals surface area contributed by atoms with Gasteiger partial charge in [0.15, 0.2) is 5.82 Å². The Morgan fingerprint density at radius 1 is 1.68 bits per heavy atom. The average molecular weight is 329 g/mol. The Kier molecular flexibility index (Phi) is 4.38. The Morgan fingerprint density at radius 2 is 2.42 bits per heavy atom. The van der Waals surface area contributed by atoms with E-state index in [2.05, 4.69) is 26.3 Å². The highest BCUT2D eigenvalue weighted by Crippen LogP contribution is 2.23. The van der Waals surface area contributed by atoms with Gasteiger partial charge in [0.2, 0.25) is 0 Å². The lowest BCUT2D eigenvalue weighted by atomic mass is 9.95. The Morgan fingerprint density at radius 3 is 3.05 bits per heavy atom. The molecule has 1 aliphatic rings. The number of aliphatic hydroxyl groups excluding tert-OH is 1. The summed E-state index contributed by atoms with van der Waals surface area (Å²) >= 11 is 3.29. The van der Waals surface area contributed by atoms with Crippen LogP contribution < -0.4 is 11.3 Å². The molecule has 19 heavy (non-hydrogen) atoms. The van der Waals surface area contributed by atoms with E-state index >= 15 is 0 Å². The number of nitrogens with two attached hydrogens (primary N) is 1. The number of likely N-dealkylation sites (tertiary alicyclic amines) is 1. The first-order valence-electron chi connectivity index (χ1n) is 6.12. The van der Waals surface area contributed by atoms with Gasteiger partial charge in [-0.25, -0.2) is 10.8 Å². The zero-order valence-electron chi connectivity index (χ0n) is 10.6. The second-order valence-corrected chi connectivity index (χ2v) is 5.69. The lowest BCUT2D eigenvalue weighted by molar-refractivity contribution is 0.0249. The number of piperidine rings is 1. The molecule has 1 aliphatic heterocycles. The highest BCUT2D eigenvalue weighted by Gasteiger charge is 2.29. The number of nitrogens with one attached hydrogen (secondary N) is 1. The number of aliphatic hydroxyl groups is 1. The van der Waals surface area contributed by atoms with Crippen LogP contribution in [-0.2, 0) is 0 Å². The van der Waals surface area contributed by atoms with Crippen LogP contribution in [0, 0.1) is 5.92 Å². The summed E-state index contributed by atoms with van der Waals surface area (Å²) in [5, 5.41) is 9.87. The molecule has 2 unspecified atom stereocenters. The third-order valence-corrected chi connectivity index (χ3v) is 3.86. The van der Waals surface area contributed by atoms with E-state index < -0.39 is 6.10 Å². The summed E-state index contributed by atoms with van der Waals surface area (Å²) in [4.78, 5) is 18.1. The first-order chi connectivity index (χ1) is 9.02. The zero-order valence-corrected chi connectivity index (χ0v) is 12.2. The van der Waals surface area contributed by atoms with Gasteiger partial charge < -0.3 is 15.4 Å². The van der Waals surface area contributed by atoms with Gasteiger partial charge in [-0.3, -0.25) is 4.79 Å². The fourth-order valence-corrected chi connectivity index (χ4v) is 2.45. The van der Waals surface area contributed by atoms with Crippen molar-refractivity contribution in [2.45, 2.75) is 19.4 Å². The summed E-state index contributed by atoms with van der Waals surface area (Å²) in [7, 11) is 0. The minimum Gasteiger partial charge on any atom is -0.391 e. The lowest BCUT2D eigenvalue weighted by Gasteiger charge is -2.34. The van der Waals surface area contributed by atoms with Gasteiger partial charge in [-0.05, 0) is 34.3 Å². The van der Waals surface area contributed by atoms with Crippen LogP contribution in [0.4, 0.5) is 5.82 Å². The summed E-state index contributed by atoms with van der Waals surface area (Å²) in [6, 6.07) is 1.68. The molecule has 6 nitrogen and oxygen atoms in total. The van der Waals surface area contributed by atoms with E-state index in [1.165, 1.54) is 0 Å². The molecule has 2 rings (SSSR count). The highest BCUT2D eigenvalue weighted by atomic mass is 79.9. The van der Waals surface area contributed by atoms with Crippen LogP contribution in [0.3, 0.4) is 0 Å². The maximum absolute atomic E-state index is 12.4. The van der Waals surface area contributed by atoms with Gasteiger partial charge in [0.25, 0.3) is 5.91 Å². The summed E-state index contributed by atoms with van der Waals surface area (Å²) in [5.41, 5.74) is 2.82. The van der Waals surface area contributed by atoms with Crippen molar-refractivity contribution in [2.24, 2.45) is 11.8 Å². The molecule has 1 aromatic rings. The van der Waals surface area contributed by atoms with Crippen molar-refractivity contribution in [1.82, 2.24) is 9.88 Å². The first-order valence-corrected chi connectivity index (χ1v) is 6.91. The van der Waals surface area contributed by atoms with E-state index in [0.717, 1.165) is 6.42 Å². The van der Waals surface area contributed by atoms with Gasteiger partial charge in [0.1, 0.15) is 0 Å². The molecule has 4 N–H and O–H groups in total. The number of β-amino-alcohol motifs (C(OH)–C–C–N with tert-alkyl or cyclic N) is 1. The van der Waals surface area contributed by atoms with Crippen LogP contribution in [0.1, 0.15) is 23.7 Å². The molecule has 0 aliphatic carbocycles. The van der Waals surface area contributed by atoms with Gasteiger partial charge >= 0.3 is 0 Å². The van der Waals surface area contributed by atoms with Gasteiger partial charge in [-0.2, -0.15) is 0 Å². The van der Waals surface area contributed by atoms with Crippen LogP contribution in [0.15, 0.2) is 16.7 Å². The largest absolute Gasteiger partial charge is 0.391 e. The second kappa shape index (κ2) is 5.85. The van der Waals surface area contributed by atoms with E-state index in [1.54, 1.807) is 17.2 Å². The summed E-state index contributed by atoms with van der Waals surface area (Å²) < 4.78 is 0.709. The predicted molar refractivity (Wildman–Crippen MR) is 75.4 cm³/mol. The number of carbonyl (C=O) groups excluding carboxylic acids is 1. The normalized spacial score (nSPS) is 23.3. The van der Waals surface area contributed by atoms with Gasteiger partial charge in [-0.1, -0.05) is 6.92 Å². The van der Waals surface area contributed by atoms with Crippen molar-refractivity contribution in [3.05, 3.63) is 22.3 Å². The van der Waals surface area contributed by atoms with Crippen LogP contribution >= 0.6 is 15.9 Å². The monoisotopic (exact) mass is 328 g/mol. The number of carbonyl (C=O) groups is 1. The van der Waals surface area contributed by atoms with Gasteiger partial charge in [-0.15, -0.1) is 0 Å². The number of nitrogens with zero attached hydrogens (tertiary/aromatic N) is 2. The zero-order chi connectivity index (χ0) is 14.0. The number of halogens is 1. The number of aromatic nitrogens is 1. The van der Waals surface area contributed by atoms with Gasteiger partial charge in [0, 0.05) is 23.8 Å². The van der Waals surface area contributed by atoms with Crippen molar-refractivity contribution in [3.63, 3.8) is 0 Å². The number of anilines is 1. The van der Waals surface area contributed by atoms with Crippen LogP contribution in [-0.4, -0.2) is 40.1 Å². The number of hydrogen-bond acceptors (Lipinski definition) is 5. The van der Waals surface area contributed by atoms with E-state index in [9.17, 15) is 9.90 Å². The Hall–Kier alpha value is -1.18. The minimum absolute atomic E-state index is 0.173. The predicted octanol–water partition coefficient (Wildman–Crippen LogP) is 0.973. The molecule has 1 fully saturated rings. The molecule has 0 bridgehead atoms. The maximum atomic E-state index is 12.4. The number of pyridine rings is 1. The van der Waals surface area contributed by atoms with E-state index in [1.807, 2.05) is 6.92 Å². The molecule has 1 saturated heterocycles. The molecule has 1 aromatic heterocycles. The van der Waals surface area contributed by atoms with Crippen LogP contribution in [0.5, 0.6) is 0 Å². The molecule has 0 aromatic carbocycles. The number of hydrogen-bond donors (Lipinski definition) is 3. The molecule has 7 heteroatoms. The van der Waals surface area contributed by atoms with E-state index in [4.69, 9.17) is 5.84 Å². The number of rotatable bonds is 2. The summed E-state index contributed by atoms with van der Waals surface area (Å²) in [6.45, 7) is 2.96. The lowest BCUT2D eigenvalue weighted by Crippen LogP contribution is -2.46. The van der Waals surface area contributed by atoms with Crippen molar-refractivity contribution >= 4 is 27.7 Å². The molecular weight excluding hydrogens is 312 g/mol. The van der Waals surface area contributed by atoms with Crippen molar-refractivity contribution < 1.29 is 9.90 Å². The van der Waals surface area contributed by atoms with E-state index in [0.29, 0.717) is 28.9 Å². The van der Waals surface area contributed by atoms with Gasteiger partial charge in [0.05, 0.1) is 11.7 Å². The molecular formula is C12H17BrN4O2. The topological polar surface area (TPSA) is 91.5 Å². The van der Waals surface area contributed by atoms with Crippen LogP contribution in [0.25, 0.3) is 0 Å². The third kappa shape index (κ3) is 3.05. The Balaban J connectivity index is 2.22. The molecule has 1 amide bonds. The molecule has 104 valence electrons. The van der Waals surface area contributed by atoms with E-state index in [-0.39, 0.29) is 11.8 Å². The molecule has 2 atom stereocenters. The Bertz CT molecular complexity index is 483. The van der Waals surface area contributed by atoms with Crippen molar-refractivity contribution in [2.75, 3.05) is 18.5 Å². The molecule has 0 saturated carbocycles. The van der Waals surface area contributed by atoms with Crippen LogP contribution in [0.2, 0.25) is 0 Å². The highest BCUT2D eigenvalue weighted by molar-refractivity contribution is 9.10. The van der Waals surface area contributed by atoms with Crippen molar-refractivity contribution in [1.29, 1.82) is 0 Å². The number of hydrazine groups is 1. The summed E-state index contributed by atoms with van der Waals surface area (Å²) in [5.74, 6) is 5.75. The van der Waals surface area contributed by atoms with Crippen molar-refractivity contribution in [3.8, 4) is 0 Å². The summed E-state index contributed by atoms with van der Waals surface area (Å²) in [6.07, 6.45) is 1.88. The number of amides is 1. The third-order valence-electron chi connectivity index (χ3n) is 3.43. The average Bonchev–Trinajstić information content (AvgIpc) is 2.41. The molecule has 2 heterocycles. The quantitative estimate of drug-likeness (QED) is 0.556. The second-order valence-electron chi connectivity index (χ2n) is 4.78. The molecule has 0 radical (unpaired) electrons.